The number of unbranched alkanes of at least 4 members (excludes halogenated alkanes) is 1. The van der Waals surface area contributed by atoms with Crippen LogP contribution in [0.2, 0.25) is 0 Å². The van der Waals surface area contributed by atoms with Crippen molar-refractivity contribution in [3.8, 4) is 0 Å². The highest BCUT2D eigenvalue weighted by atomic mass is 16.6. The van der Waals surface area contributed by atoms with E-state index in [1.54, 1.807) is 7.05 Å². The highest BCUT2D eigenvalue weighted by Gasteiger charge is 2.39. The Bertz CT molecular complexity index is 1170. The molecule has 0 radical (unpaired) electrons. The van der Waals surface area contributed by atoms with Crippen molar-refractivity contribution >= 4 is 17.9 Å². The molecular formula is C31H38N4O4. The molecule has 0 bridgehead atoms. The quantitative estimate of drug-likeness (QED) is 0.324. The van der Waals surface area contributed by atoms with Crippen LogP contribution in [-0.4, -0.2) is 53.4 Å². The molecule has 3 rings (SSSR count). The van der Waals surface area contributed by atoms with E-state index in [2.05, 4.69) is 0 Å². The number of rotatable bonds is 13. The van der Waals surface area contributed by atoms with Crippen molar-refractivity contribution in [2.24, 2.45) is 11.5 Å². The van der Waals surface area contributed by atoms with Gasteiger partial charge in [0.15, 0.2) is 0 Å². The molecule has 0 spiro atoms. The molecule has 39 heavy (non-hydrogen) atoms. The van der Waals surface area contributed by atoms with Crippen LogP contribution in [0.4, 0.5) is 4.79 Å². The minimum Gasteiger partial charge on any atom is -0.444 e. The minimum absolute atomic E-state index is 0.0437. The minimum atomic E-state index is -1.14. The molecule has 0 saturated carbocycles. The second-order valence-electron chi connectivity index (χ2n) is 9.52. The summed E-state index contributed by atoms with van der Waals surface area (Å²) in [6, 6.07) is 25.8. The third-order valence-corrected chi connectivity index (χ3v) is 6.43. The van der Waals surface area contributed by atoms with Gasteiger partial charge in [0.2, 0.25) is 11.8 Å². The number of likely N-dealkylation sites (N-methyl/N-ethyl adjacent to an activating group) is 1. The Labute approximate surface area is 230 Å². The lowest BCUT2D eigenvalue weighted by Gasteiger charge is -2.33. The van der Waals surface area contributed by atoms with Gasteiger partial charge in [-0.2, -0.15) is 0 Å². The summed E-state index contributed by atoms with van der Waals surface area (Å²) in [4.78, 5) is 43.6. The molecule has 8 heteroatoms. The van der Waals surface area contributed by atoms with Crippen LogP contribution < -0.4 is 11.5 Å². The lowest BCUT2D eigenvalue weighted by Crippen LogP contribution is -2.57. The van der Waals surface area contributed by atoms with Gasteiger partial charge in [-0.3, -0.25) is 9.59 Å². The first-order valence-corrected chi connectivity index (χ1v) is 13.2. The average molecular weight is 531 g/mol. The maximum absolute atomic E-state index is 13.9. The number of amides is 3. The van der Waals surface area contributed by atoms with Crippen molar-refractivity contribution in [3.63, 3.8) is 0 Å². The predicted octanol–water partition coefficient (Wildman–Crippen LogP) is 3.88. The van der Waals surface area contributed by atoms with Crippen LogP contribution in [0.5, 0.6) is 0 Å². The number of hydrogen-bond donors (Lipinski definition) is 2. The first kappa shape index (κ1) is 29.5. The lowest BCUT2D eigenvalue weighted by atomic mass is 10.0. The fourth-order valence-corrected chi connectivity index (χ4v) is 4.29. The van der Waals surface area contributed by atoms with Gasteiger partial charge in [-0.25, -0.2) is 9.69 Å². The maximum atomic E-state index is 13.9. The summed E-state index contributed by atoms with van der Waals surface area (Å²) < 4.78 is 5.57. The molecule has 0 heterocycles. The molecule has 0 aliphatic carbocycles. The molecule has 8 nitrogen and oxygen atoms in total. The van der Waals surface area contributed by atoms with Gasteiger partial charge in [0.1, 0.15) is 12.6 Å². The third kappa shape index (κ3) is 9.05. The van der Waals surface area contributed by atoms with E-state index in [1.807, 2.05) is 91.0 Å². The molecule has 0 fully saturated rings. The number of nitrogens with zero attached hydrogens (tertiary/aromatic N) is 2. The van der Waals surface area contributed by atoms with Crippen LogP contribution in [0.3, 0.4) is 0 Å². The van der Waals surface area contributed by atoms with E-state index in [0.29, 0.717) is 32.4 Å². The number of carbonyl (C=O) groups is 3. The topological polar surface area (TPSA) is 119 Å². The summed E-state index contributed by atoms with van der Waals surface area (Å²) >= 11 is 0. The summed E-state index contributed by atoms with van der Waals surface area (Å²) in [7, 11) is 1.66. The third-order valence-electron chi connectivity index (χ3n) is 6.43. The second kappa shape index (κ2) is 15.4. The Morgan fingerprint density at radius 2 is 1.31 bits per heavy atom. The number of carbonyl (C=O) groups excluding carboxylic acids is 3. The molecule has 4 N–H and O–H groups in total. The number of ether oxygens (including phenoxy) is 1. The van der Waals surface area contributed by atoms with Crippen molar-refractivity contribution in [1.82, 2.24) is 9.80 Å². The molecule has 3 aromatic carbocycles. The monoisotopic (exact) mass is 530 g/mol. The number of imide groups is 1. The summed E-state index contributed by atoms with van der Waals surface area (Å²) in [6.07, 6.45) is 0.888. The van der Waals surface area contributed by atoms with Gasteiger partial charge in [0.25, 0.3) is 0 Å². The Morgan fingerprint density at radius 3 is 1.87 bits per heavy atom. The van der Waals surface area contributed by atoms with E-state index < -0.39 is 24.1 Å². The average Bonchev–Trinajstić information content (AvgIpc) is 2.97. The van der Waals surface area contributed by atoms with Crippen LogP contribution in [0.25, 0.3) is 0 Å². The van der Waals surface area contributed by atoms with Gasteiger partial charge < -0.3 is 21.1 Å². The standard InChI is InChI=1S/C31H38N4O4/c1-34(22-25-15-7-3-8-16-25)30(37)28(21-24-13-5-2-6-14-24)35(29(36)27(33)19-11-12-20-32)31(38)39-23-26-17-9-4-10-18-26/h2-10,13-18,27-28H,11-12,19-23,32-33H2,1H3/t27-,28-/m0/s1. The summed E-state index contributed by atoms with van der Waals surface area (Å²) in [6.45, 7) is 0.746. The fourth-order valence-electron chi connectivity index (χ4n) is 4.29. The zero-order valence-electron chi connectivity index (χ0n) is 22.4. The molecule has 0 aromatic heterocycles. The number of nitrogens with two attached hydrogens (primary N) is 2. The smallest absolute Gasteiger partial charge is 0.417 e. The zero-order valence-corrected chi connectivity index (χ0v) is 22.4. The van der Waals surface area contributed by atoms with Gasteiger partial charge in [0, 0.05) is 20.0 Å². The van der Waals surface area contributed by atoms with E-state index >= 15 is 0 Å². The Balaban J connectivity index is 1.93. The highest BCUT2D eigenvalue weighted by molar-refractivity contribution is 6.00. The van der Waals surface area contributed by atoms with Crippen LogP contribution in [0, 0.1) is 0 Å². The molecular weight excluding hydrogens is 492 g/mol. The number of hydrogen-bond acceptors (Lipinski definition) is 6. The highest BCUT2D eigenvalue weighted by Crippen LogP contribution is 2.18. The maximum Gasteiger partial charge on any atom is 0.417 e. The van der Waals surface area contributed by atoms with E-state index in [0.717, 1.165) is 21.6 Å². The van der Waals surface area contributed by atoms with Crippen molar-refractivity contribution in [2.45, 2.75) is 50.9 Å². The summed E-state index contributed by atoms with van der Waals surface area (Å²) in [5.74, 6) is -1.03. The largest absolute Gasteiger partial charge is 0.444 e. The first-order chi connectivity index (χ1) is 18.9. The van der Waals surface area contributed by atoms with Crippen LogP contribution in [0.15, 0.2) is 91.0 Å². The molecule has 206 valence electrons. The number of benzene rings is 3. The summed E-state index contributed by atoms with van der Waals surface area (Å²) in [5.41, 5.74) is 14.4. The van der Waals surface area contributed by atoms with Crippen LogP contribution >= 0.6 is 0 Å². The lowest BCUT2D eigenvalue weighted by molar-refractivity contribution is -0.144. The van der Waals surface area contributed by atoms with Gasteiger partial charge in [-0.15, -0.1) is 0 Å². The predicted molar refractivity (Wildman–Crippen MR) is 151 cm³/mol. The molecule has 0 saturated heterocycles. The molecule has 0 aliphatic rings. The van der Waals surface area contributed by atoms with Crippen molar-refractivity contribution in [2.75, 3.05) is 13.6 Å². The molecule has 3 aromatic rings. The second-order valence-corrected chi connectivity index (χ2v) is 9.52. The van der Waals surface area contributed by atoms with E-state index in [1.165, 1.54) is 4.90 Å². The SMILES string of the molecule is CN(Cc1ccccc1)C(=O)[C@H](Cc1ccccc1)N(C(=O)OCc1ccccc1)C(=O)[C@@H](N)CCCCN. The normalized spacial score (nSPS) is 12.3. The molecule has 0 unspecified atom stereocenters. The Kier molecular flexibility index (Phi) is 11.7. The van der Waals surface area contributed by atoms with Crippen molar-refractivity contribution in [1.29, 1.82) is 0 Å². The first-order valence-electron chi connectivity index (χ1n) is 13.2. The van der Waals surface area contributed by atoms with Crippen molar-refractivity contribution in [3.05, 3.63) is 108 Å². The van der Waals surface area contributed by atoms with Gasteiger partial charge in [0.05, 0.1) is 6.04 Å². The van der Waals surface area contributed by atoms with Gasteiger partial charge >= 0.3 is 6.09 Å². The molecule has 2 atom stereocenters. The molecule has 0 aliphatic heterocycles. The van der Waals surface area contributed by atoms with E-state index in [9.17, 15) is 14.4 Å². The van der Waals surface area contributed by atoms with E-state index in [-0.39, 0.29) is 18.9 Å². The van der Waals surface area contributed by atoms with Gasteiger partial charge in [-0.1, -0.05) is 97.4 Å². The summed E-state index contributed by atoms with van der Waals surface area (Å²) in [5, 5.41) is 0. The van der Waals surface area contributed by atoms with Crippen LogP contribution in [-0.2, 0) is 33.9 Å². The zero-order chi connectivity index (χ0) is 28.0. The fraction of sp³-hybridized carbons (Fsp3) is 0.323. The van der Waals surface area contributed by atoms with E-state index in [4.69, 9.17) is 16.2 Å². The van der Waals surface area contributed by atoms with Gasteiger partial charge in [-0.05, 0) is 36.1 Å². The van der Waals surface area contributed by atoms with Crippen LogP contribution in [0.1, 0.15) is 36.0 Å². The van der Waals surface area contributed by atoms with Crippen molar-refractivity contribution < 1.29 is 19.1 Å². The molecule has 3 amide bonds. The Morgan fingerprint density at radius 1 is 0.769 bits per heavy atom. The Hall–Kier alpha value is -4.01.